The first-order chi connectivity index (χ1) is 19.7. The molecule has 9 heteroatoms. The molecule has 0 saturated carbocycles. The lowest BCUT2D eigenvalue weighted by atomic mass is 10.1. The van der Waals surface area contributed by atoms with Crippen LogP contribution in [0.2, 0.25) is 0 Å². The van der Waals surface area contributed by atoms with E-state index in [4.69, 9.17) is 9.29 Å². The smallest absolute Gasteiger partial charge is 0.294 e. The second-order valence-electron chi connectivity index (χ2n) is 8.92. The standard InChI is InChI=1S/C25H21N3O2.C7H8O3S/c1-30-25-17-11-21(12-18-25)27-28(22-5-3-2-4-6-22)23-13-7-19(8-14-23)26-20-9-15-24(29)16-10-20;1-6-2-4-7(5-3-6)11(8,9)10/h2-18,27H,1H3;2-5H,1H3,(H,8,9,10). The zero-order valence-corrected chi connectivity index (χ0v) is 23.3. The summed E-state index contributed by atoms with van der Waals surface area (Å²) in [6.07, 6.45) is 6.47. The number of carbonyl (C=O) groups excluding carboxylic acids is 1. The van der Waals surface area contributed by atoms with Crippen molar-refractivity contribution in [2.75, 3.05) is 17.5 Å². The second-order valence-corrected chi connectivity index (χ2v) is 10.3. The fourth-order valence-electron chi connectivity index (χ4n) is 3.71. The quantitative estimate of drug-likeness (QED) is 0.143. The van der Waals surface area contributed by atoms with Gasteiger partial charge >= 0.3 is 0 Å². The lowest BCUT2D eigenvalue weighted by Gasteiger charge is -2.27. The number of allylic oxidation sites excluding steroid dienone is 4. The molecule has 0 atom stereocenters. The first-order valence-corrected chi connectivity index (χ1v) is 14.0. The van der Waals surface area contributed by atoms with Crippen LogP contribution < -0.4 is 15.2 Å². The Labute approximate surface area is 239 Å². The van der Waals surface area contributed by atoms with E-state index < -0.39 is 10.1 Å². The van der Waals surface area contributed by atoms with Crippen molar-refractivity contribution >= 4 is 44.4 Å². The molecule has 0 spiro atoms. The first kappa shape index (κ1) is 29.0. The number of hydrogen-bond acceptors (Lipinski definition) is 7. The largest absolute Gasteiger partial charge is 0.497 e. The lowest BCUT2D eigenvalue weighted by Crippen LogP contribution is -2.24. The summed E-state index contributed by atoms with van der Waals surface area (Å²) in [5.41, 5.74) is 8.87. The molecule has 4 aromatic rings. The van der Waals surface area contributed by atoms with E-state index in [0.29, 0.717) is 0 Å². The maximum atomic E-state index is 11.3. The monoisotopic (exact) mass is 567 g/mol. The van der Waals surface area contributed by atoms with Crippen LogP contribution in [0.4, 0.5) is 22.7 Å². The van der Waals surface area contributed by atoms with Gasteiger partial charge in [0.15, 0.2) is 5.78 Å². The molecule has 41 heavy (non-hydrogen) atoms. The summed E-state index contributed by atoms with van der Waals surface area (Å²) in [5, 5.41) is 2.01. The van der Waals surface area contributed by atoms with Crippen LogP contribution in [0, 0.1) is 6.92 Å². The molecule has 0 radical (unpaired) electrons. The van der Waals surface area contributed by atoms with E-state index in [1.165, 1.54) is 24.3 Å². The van der Waals surface area contributed by atoms with E-state index in [2.05, 4.69) is 10.4 Å². The van der Waals surface area contributed by atoms with E-state index in [9.17, 15) is 13.2 Å². The SMILES string of the molecule is COc1ccc(NN(c2ccccc2)c2ccc(N=C3C=CC(=O)C=C3)cc2)cc1.Cc1ccc(S(=O)(=O)O)cc1. The summed E-state index contributed by atoms with van der Waals surface area (Å²) < 4.78 is 34.8. The molecule has 0 aromatic heterocycles. The molecule has 208 valence electrons. The minimum Gasteiger partial charge on any atom is -0.497 e. The molecule has 2 N–H and O–H groups in total. The highest BCUT2D eigenvalue weighted by Crippen LogP contribution is 2.29. The summed E-state index contributed by atoms with van der Waals surface area (Å²) in [7, 11) is -2.37. The Morgan fingerprint density at radius 3 is 1.90 bits per heavy atom. The number of methoxy groups -OCH3 is 1. The Bertz CT molecular complexity index is 1640. The molecule has 0 unspecified atom stereocenters. The van der Waals surface area contributed by atoms with Crippen molar-refractivity contribution in [2.45, 2.75) is 11.8 Å². The summed E-state index contributed by atoms with van der Waals surface area (Å²) >= 11 is 0. The van der Waals surface area contributed by atoms with Crippen molar-refractivity contribution in [3.63, 3.8) is 0 Å². The van der Waals surface area contributed by atoms with Gasteiger partial charge in [0.25, 0.3) is 10.1 Å². The predicted octanol–water partition coefficient (Wildman–Crippen LogP) is 6.87. The zero-order valence-electron chi connectivity index (χ0n) is 22.5. The average molecular weight is 568 g/mol. The number of aliphatic imine (C=N–C) groups is 1. The highest BCUT2D eigenvalue weighted by Gasteiger charge is 2.10. The number of carbonyl (C=O) groups is 1. The van der Waals surface area contributed by atoms with Crippen LogP contribution in [-0.4, -0.2) is 31.6 Å². The van der Waals surface area contributed by atoms with Crippen LogP contribution >= 0.6 is 0 Å². The third kappa shape index (κ3) is 8.50. The summed E-state index contributed by atoms with van der Waals surface area (Å²) in [5.74, 6) is 0.787. The van der Waals surface area contributed by atoms with Gasteiger partial charge in [0.2, 0.25) is 0 Å². The van der Waals surface area contributed by atoms with E-state index in [1.807, 2.05) is 90.8 Å². The number of anilines is 3. The van der Waals surface area contributed by atoms with Gasteiger partial charge in [0.05, 0.1) is 40.5 Å². The fourth-order valence-corrected chi connectivity index (χ4v) is 4.19. The number of benzene rings is 4. The fraction of sp³-hybridized carbons (Fsp3) is 0.0625. The van der Waals surface area contributed by atoms with Gasteiger partial charge in [-0.3, -0.25) is 19.8 Å². The number of aryl methyl sites for hydroxylation is 1. The number of hydrazine groups is 1. The number of ketones is 1. The second kappa shape index (κ2) is 13.4. The number of para-hydroxylation sites is 1. The number of nitrogens with zero attached hydrogens (tertiary/aromatic N) is 2. The van der Waals surface area contributed by atoms with Crippen molar-refractivity contribution in [3.05, 3.63) is 133 Å². The van der Waals surface area contributed by atoms with Gasteiger partial charge in [-0.15, -0.1) is 0 Å². The number of rotatable bonds is 7. The molecule has 0 amide bonds. The van der Waals surface area contributed by atoms with Gasteiger partial charge in [-0.05, 0) is 104 Å². The molecule has 0 aliphatic heterocycles. The minimum atomic E-state index is -4.02. The Kier molecular flexibility index (Phi) is 9.47. The lowest BCUT2D eigenvalue weighted by molar-refractivity contribution is -0.110. The van der Waals surface area contributed by atoms with Crippen molar-refractivity contribution in [1.82, 2.24) is 0 Å². The molecule has 1 aliphatic rings. The summed E-state index contributed by atoms with van der Waals surface area (Å²) in [4.78, 5) is 15.8. The minimum absolute atomic E-state index is 0.0209. The highest BCUT2D eigenvalue weighted by atomic mass is 32.2. The molecule has 0 bridgehead atoms. The van der Waals surface area contributed by atoms with Crippen molar-refractivity contribution in [1.29, 1.82) is 0 Å². The van der Waals surface area contributed by atoms with Gasteiger partial charge in [0.1, 0.15) is 5.75 Å². The van der Waals surface area contributed by atoms with Crippen LogP contribution in [0.15, 0.2) is 137 Å². The highest BCUT2D eigenvalue weighted by molar-refractivity contribution is 7.85. The molecule has 0 fully saturated rings. The molecule has 0 saturated heterocycles. The van der Waals surface area contributed by atoms with Crippen LogP contribution in [-0.2, 0) is 14.9 Å². The van der Waals surface area contributed by atoms with Crippen molar-refractivity contribution in [3.8, 4) is 5.75 Å². The normalized spacial score (nSPS) is 12.3. The molecule has 0 heterocycles. The van der Waals surface area contributed by atoms with E-state index >= 15 is 0 Å². The first-order valence-electron chi connectivity index (χ1n) is 12.6. The van der Waals surface area contributed by atoms with E-state index in [-0.39, 0.29) is 10.7 Å². The Hall–Kier alpha value is -4.99. The van der Waals surface area contributed by atoms with E-state index in [0.717, 1.165) is 39.8 Å². The number of hydrogen-bond donors (Lipinski definition) is 2. The molecule has 5 rings (SSSR count). The third-order valence-electron chi connectivity index (χ3n) is 5.87. The van der Waals surface area contributed by atoms with Gasteiger partial charge in [0, 0.05) is 0 Å². The van der Waals surface area contributed by atoms with Gasteiger partial charge < -0.3 is 4.74 Å². The predicted molar refractivity (Wildman–Crippen MR) is 163 cm³/mol. The number of ether oxygens (including phenoxy) is 1. The molecule has 8 nitrogen and oxygen atoms in total. The van der Waals surface area contributed by atoms with Gasteiger partial charge in [-0.1, -0.05) is 35.9 Å². The Morgan fingerprint density at radius 2 is 1.34 bits per heavy atom. The third-order valence-corrected chi connectivity index (χ3v) is 6.73. The van der Waals surface area contributed by atoms with Gasteiger partial charge in [-0.2, -0.15) is 8.42 Å². The van der Waals surface area contributed by atoms with Crippen LogP contribution in [0.1, 0.15) is 5.56 Å². The summed E-state index contributed by atoms with van der Waals surface area (Å²) in [6.45, 7) is 1.84. The maximum Gasteiger partial charge on any atom is 0.294 e. The van der Waals surface area contributed by atoms with Crippen LogP contribution in [0.3, 0.4) is 0 Å². The Morgan fingerprint density at radius 1 is 0.756 bits per heavy atom. The van der Waals surface area contributed by atoms with Crippen LogP contribution in [0.25, 0.3) is 0 Å². The number of nitrogens with one attached hydrogen (secondary N) is 1. The maximum absolute atomic E-state index is 11.3. The molecule has 1 aliphatic carbocycles. The van der Waals surface area contributed by atoms with E-state index in [1.54, 1.807) is 31.4 Å². The molecule has 4 aromatic carbocycles. The summed E-state index contributed by atoms with van der Waals surface area (Å²) in [6, 6.07) is 31.7. The topological polar surface area (TPSA) is 108 Å². The molecular formula is C32H29N3O5S. The van der Waals surface area contributed by atoms with Crippen LogP contribution in [0.5, 0.6) is 5.75 Å². The van der Waals surface area contributed by atoms with Crippen molar-refractivity contribution < 1.29 is 22.5 Å². The van der Waals surface area contributed by atoms with Gasteiger partial charge in [-0.25, -0.2) is 4.99 Å². The zero-order chi connectivity index (χ0) is 29.2. The van der Waals surface area contributed by atoms with Crippen molar-refractivity contribution in [2.24, 2.45) is 4.99 Å². The Balaban J connectivity index is 0.000000296. The average Bonchev–Trinajstić information content (AvgIpc) is 2.98. The molecular weight excluding hydrogens is 538 g/mol.